The molecule has 2 saturated carbocycles. The zero-order valence-electron chi connectivity index (χ0n) is 8.42. The normalized spacial score (nSPS) is 20.9. The van der Waals surface area contributed by atoms with Crippen LogP contribution >= 0.6 is 0 Å². The van der Waals surface area contributed by atoms with Gasteiger partial charge in [0.15, 0.2) is 0 Å². The van der Waals surface area contributed by atoms with Crippen molar-refractivity contribution in [2.75, 3.05) is 0 Å². The highest BCUT2D eigenvalue weighted by molar-refractivity contribution is 5.42. The Labute approximate surface area is 85.6 Å². The van der Waals surface area contributed by atoms with Crippen molar-refractivity contribution in [3.63, 3.8) is 0 Å². The molecule has 0 spiro atoms. The Hall–Kier alpha value is -1.04. The fourth-order valence-corrected chi connectivity index (χ4v) is 2.20. The smallest absolute Gasteiger partial charge is 0.0158 e. The van der Waals surface area contributed by atoms with Gasteiger partial charge in [0.1, 0.15) is 0 Å². The molecule has 3 rings (SSSR count). The second kappa shape index (κ2) is 2.98. The van der Waals surface area contributed by atoms with Crippen LogP contribution in [0.25, 0.3) is 0 Å². The third-order valence-electron chi connectivity index (χ3n) is 3.33. The molecule has 2 aliphatic carbocycles. The van der Waals surface area contributed by atoms with E-state index in [-0.39, 0.29) is 0 Å². The van der Waals surface area contributed by atoms with Crippen molar-refractivity contribution in [2.45, 2.75) is 37.5 Å². The lowest BCUT2D eigenvalue weighted by atomic mass is 9.97. The van der Waals surface area contributed by atoms with E-state index in [1.54, 1.807) is 11.1 Å². The molecule has 2 aliphatic rings. The van der Waals surface area contributed by atoms with Crippen LogP contribution < -0.4 is 0 Å². The summed E-state index contributed by atoms with van der Waals surface area (Å²) in [6.45, 7) is 3.72. The Morgan fingerprint density at radius 2 is 1.64 bits per heavy atom. The summed E-state index contributed by atoms with van der Waals surface area (Å²) in [5.74, 6) is 1.74. The molecule has 0 saturated heterocycles. The van der Waals surface area contributed by atoms with E-state index in [1.165, 1.54) is 25.7 Å². The number of hydrogen-bond acceptors (Lipinski definition) is 0. The average molecular weight is 183 g/mol. The van der Waals surface area contributed by atoms with E-state index in [1.807, 2.05) is 0 Å². The Morgan fingerprint density at radius 1 is 1.00 bits per heavy atom. The van der Waals surface area contributed by atoms with Crippen LogP contribution in [-0.4, -0.2) is 0 Å². The summed E-state index contributed by atoms with van der Waals surface area (Å²) in [4.78, 5) is 0. The summed E-state index contributed by atoms with van der Waals surface area (Å²) in [5, 5.41) is 0. The van der Waals surface area contributed by atoms with Gasteiger partial charge >= 0.3 is 0 Å². The molecule has 0 unspecified atom stereocenters. The molecule has 0 aromatic heterocycles. The van der Waals surface area contributed by atoms with Gasteiger partial charge < -0.3 is 0 Å². The zero-order chi connectivity index (χ0) is 9.54. The summed E-state index contributed by atoms with van der Waals surface area (Å²) < 4.78 is 0. The number of benzene rings is 1. The Morgan fingerprint density at radius 3 is 2.21 bits per heavy atom. The Bertz CT molecular complexity index is 368. The van der Waals surface area contributed by atoms with Gasteiger partial charge in [-0.1, -0.05) is 24.8 Å². The van der Waals surface area contributed by atoms with Crippen LogP contribution in [0.15, 0.2) is 24.8 Å². The third-order valence-corrected chi connectivity index (χ3v) is 3.33. The van der Waals surface area contributed by atoms with Crippen LogP contribution in [-0.2, 0) is 0 Å². The first kappa shape index (κ1) is 8.28. The van der Waals surface area contributed by atoms with Gasteiger partial charge in [-0.25, -0.2) is 0 Å². The van der Waals surface area contributed by atoms with Gasteiger partial charge in [0.25, 0.3) is 0 Å². The topological polar surface area (TPSA) is 0 Å². The van der Waals surface area contributed by atoms with Crippen LogP contribution in [0.3, 0.4) is 0 Å². The molecule has 2 fully saturated rings. The summed E-state index contributed by atoms with van der Waals surface area (Å²) in [6.07, 6.45) is 8.56. The molecule has 0 nitrogen and oxygen atoms in total. The van der Waals surface area contributed by atoms with Gasteiger partial charge in [-0.3, -0.25) is 0 Å². The molecule has 0 heteroatoms. The second-order valence-corrected chi connectivity index (χ2v) is 4.57. The number of rotatable bonds is 3. The van der Waals surface area contributed by atoms with E-state index in [0.29, 0.717) is 0 Å². The van der Waals surface area contributed by atoms with Crippen LogP contribution in [0.2, 0.25) is 0 Å². The van der Waals surface area contributed by atoms with E-state index < -0.39 is 0 Å². The minimum Gasteiger partial charge on any atom is -0.0906 e. The molecule has 0 N–H and O–H groups in total. The molecule has 0 bridgehead atoms. The van der Waals surface area contributed by atoms with Crippen LogP contribution in [0.1, 0.15) is 54.2 Å². The van der Waals surface area contributed by atoms with Crippen molar-refractivity contribution in [3.05, 3.63) is 47.5 Å². The van der Waals surface area contributed by atoms with E-state index in [2.05, 4.69) is 30.9 Å². The first-order chi connectivity index (χ1) is 6.88. The first-order valence-electron chi connectivity index (χ1n) is 5.55. The highest BCUT2D eigenvalue weighted by Crippen LogP contribution is 2.49. The highest BCUT2D eigenvalue weighted by atomic mass is 14.4. The monoisotopic (exact) mass is 183 g/mol. The van der Waals surface area contributed by atoms with Gasteiger partial charge in [-0.15, -0.1) is 0 Å². The van der Waals surface area contributed by atoms with Gasteiger partial charge in [0.05, 0.1) is 0 Å². The predicted molar refractivity (Wildman–Crippen MR) is 58.4 cm³/mol. The van der Waals surface area contributed by atoms with Crippen molar-refractivity contribution in [1.29, 1.82) is 0 Å². The fraction of sp³-hybridized carbons (Fsp3) is 0.429. The molecule has 1 aromatic rings. The van der Waals surface area contributed by atoms with Gasteiger partial charge in [-0.05, 0) is 60.3 Å². The summed E-state index contributed by atoms with van der Waals surface area (Å²) in [7, 11) is 0. The molecule has 0 atom stereocenters. The van der Waals surface area contributed by atoms with Crippen molar-refractivity contribution in [1.82, 2.24) is 0 Å². The Kier molecular flexibility index (Phi) is 1.76. The van der Waals surface area contributed by atoms with Crippen molar-refractivity contribution < 1.29 is 0 Å². The third kappa shape index (κ3) is 1.39. The standard InChI is InChI=1S/C14H15/c1-2-10-3-8-13(11-4-5-11)14(9-10)12-6-7-12/h3,8-9,11-12H,1,4-7H2. The second-order valence-electron chi connectivity index (χ2n) is 4.57. The predicted octanol–water partition coefficient (Wildman–Crippen LogP) is 3.78. The maximum absolute atomic E-state index is 3.72. The molecule has 0 heterocycles. The lowest BCUT2D eigenvalue weighted by Gasteiger charge is -2.08. The lowest BCUT2D eigenvalue weighted by molar-refractivity contribution is 1.02. The first-order valence-corrected chi connectivity index (χ1v) is 5.55. The van der Waals surface area contributed by atoms with E-state index in [4.69, 9.17) is 0 Å². The average Bonchev–Trinajstić information content (AvgIpc) is 3.04. The minimum atomic E-state index is 0.860. The molecule has 71 valence electrons. The van der Waals surface area contributed by atoms with E-state index >= 15 is 0 Å². The van der Waals surface area contributed by atoms with E-state index in [0.717, 1.165) is 17.4 Å². The van der Waals surface area contributed by atoms with Crippen molar-refractivity contribution >= 4 is 0 Å². The van der Waals surface area contributed by atoms with Crippen molar-refractivity contribution in [3.8, 4) is 0 Å². The molecule has 1 radical (unpaired) electrons. The van der Waals surface area contributed by atoms with Crippen LogP contribution in [0.4, 0.5) is 0 Å². The van der Waals surface area contributed by atoms with Gasteiger partial charge in [0.2, 0.25) is 0 Å². The molecular formula is C14H15. The maximum Gasteiger partial charge on any atom is -0.0158 e. The fourth-order valence-electron chi connectivity index (χ4n) is 2.20. The molecule has 0 amide bonds. The highest BCUT2D eigenvalue weighted by Gasteiger charge is 2.32. The maximum atomic E-state index is 3.72. The SMILES string of the molecule is C=[C]c1ccc(C2CC2)c(C2CC2)c1. The van der Waals surface area contributed by atoms with Crippen LogP contribution in [0.5, 0.6) is 0 Å². The largest absolute Gasteiger partial charge is 0.0906 e. The molecular weight excluding hydrogens is 168 g/mol. The quantitative estimate of drug-likeness (QED) is 0.669. The zero-order valence-corrected chi connectivity index (χ0v) is 8.42. The molecule has 14 heavy (non-hydrogen) atoms. The summed E-state index contributed by atoms with van der Waals surface area (Å²) >= 11 is 0. The Balaban J connectivity index is 2.04. The lowest BCUT2D eigenvalue weighted by Crippen LogP contribution is -1.91. The minimum absolute atomic E-state index is 0.860. The van der Waals surface area contributed by atoms with Crippen molar-refractivity contribution in [2.24, 2.45) is 0 Å². The molecule has 0 aliphatic heterocycles. The number of hydrogen-bond donors (Lipinski definition) is 0. The summed E-state index contributed by atoms with van der Waals surface area (Å²) in [5.41, 5.74) is 4.38. The summed E-state index contributed by atoms with van der Waals surface area (Å²) in [6, 6.07) is 6.77. The van der Waals surface area contributed by atoms with Gasteiger partial charge in [-0.2, -0.15) is 0 Å². The molecule has 1 aromatic carbocycles. The van der Waals surface area contributed by atoms with E-state index in [9.17, 15) is 0 Å². The van der Waals surface area contributed by atoms with Crippen LogP contribution in [0, 0.1) is 6.08 Å². The van der Waals surface area contributed by atoms with Gasteiger partial charge in [0, 0.05) is 0 Å².